The molecule has 1 aliphatic rings. The van der Waals surface area contributed by atoms with E-state index in [2.05, 4.69) is 10.6 Å². The van der Waals surface area contributed by atoms with Crippen LogP contribution in [0.15, 0.2) is 0 Å². The topological polar surface area (TPSA) is 50.4 Å². The molecule has 4 heteroatoms. The summed E-state index contributed by atoms with van der Waals surface area (Å²) in [5.41, 5.74) is 0. The van der Waals surface area contributed by atoms with Gasteiger partial charge < -0.3 is 15.4 Å². The van der Waals surface area contributed by atoms with E-state index < -0.39 is 0 Å². The van der Waals surface area contributed by atoms with E-state index in [1.54, 1.807) is 0 Å². The van der Waals surface area contributed by atoms with Crippen LogP contribution in [-0.4, -0.2) is 38.3 Å². The molecule has 0 bridgehead atoms. The number of ether oxygens (including phenoxy) is 1. The number of hydrogen-bond donors (Lipinski definition) is 2. The van der Waals surface area contributed by atoms with Crippen LogP contribution < -0.4 is 10.6 Å². The van der Waals surface area contributed by atoms with Crippen molar-refractivity contribution >= 4 is 5.91 Å². The lowest BCUT2D eigenvalue weighted by atomic mass is 9.99. The Hall–Kier alpha value is -0.610. The Morgan fingerprint density at radius 2 is 2.20 bits per heavy atom. The van der Waals surface area contributed by atoms with Gasteiger partial charge in [-0.15, -0.1) is 0 Å². The minimum absolute atomic E-state index is 0.00793. The van der Waals surface area contributed by atoms with Gasteiger partial charge >= 0.3 is 0 Å². The second-order valence-corrected chi connectivity index (χ2v) is 4.06. The zero-order valence-corrected chi connectivity index (χ0v) is 9.71. The fourth-order valence-electron chi connectivity index (χ4n) is 1.72. The molecule has 1 rings (SSSR count). The first-order valence-electron chi connectivity index (χ1n) is 5.84. The Labute approximate surface area is 91.8 Å². The molecule has 15 heavy (non-hydrogen) atoms. The fourth-order valence-corrected chi connectivity index (χ4v) is 1.72. The number of amides is 1. The van der Waals surface area contributed by atoms with E-state index >= 15 is 0 Å². The highest BCUT2D eigenvalue weighted by atomic mass is 16.5. The molecule has 2 N–H and O–H groups in total. The minimum atomic E-state index is -0.320. The molecule has 0 aromatic heterocycles. The maximum absolute atomic E-state index is 11.4. The Bertz CT molecular complexity index is 191. The summed E-state index contributed by atoms with van der Waals surface area (Å²) in [4.78, 5) is 11.4. The molecule has 0 radical (unpaired) electrons. The molecule has 1 heterocycles. The Kier molecular flexibility index (Phi) is 5.65. The summed E-state index contributed by atoms with van der Waals surface area (Å²) in [6, 6.07) is 0. The van der Waals surface area contributed by atoms with Crippen molar-refractivity contribution in [3.8, 4) is 0 Å². The number of carbonyl (C=O) groups excluding carboxylic acids is 1. The van der Waals surface area contributed by atoms with Gasteiger partial charge in [0.1, 0.15) is 6.10 Å². The van der Waals surface area contributed by atoms with Gasteiger partial charge in [-0.05, 0) is 45.7 Å². The van der Waals surface area contributed by atoms with E-state index in [1.807, 2.05) is 13.8 Å². The van der Waals surface area contributed by atoms with Gasteiger partial charge in [-0.3, -0.25) is 4.79 Å². The van der Waals surface area contributed by atoms with Gasteiger partial charge in [0.25, 0.3) is 0 Å². The molecule has 0 aromatic rings. The zero-order valence-electron chi connectivity index (χ0n) is 9.71. The molecule has 1 fully saturated rings. The van der Waals surface area contributed by atoms with Gasteiger partial charge in [-0.2, -0.15) is 0 Å². The zero-order chi connectivity index (χ0) is 11.1. The van der Waals surface area contributed by atoms with E-state index in [0.717, 1.165) is 25.9 Å². The normalized spacial score (nSPS) is 19.9. The highest BCUT2D eigenvalue weighted by Gasteiger charge is 2.17. The number of piperidine rings is 1. The van der Waals surface area contributed by atoms with Crippen molar-refractivity contribution in [2.24, 2.45) is 5.92 Å². The number of likely N-dealkylation sites (N-methyl/N-ethyl adjacent to an activating group) is 1. The van der Waals surface area contributed by atoms with Gasteiger partial charge in [0, 0.05) is 6.54 Å². The first-order valence-corrected chi connectivity index (χ1v) is 5.84. The van der Waals surface area contributed by atoms with Crippen LogP contribution in [0.3, 0.4) is 0 Å². The molecular formula is C11H22N2O2. The van der Waals surface area contributed by atoms with Crippen LogP contribution in [0.2, 0.25) is 0 Å². The predicted octanol–water partition coefficient (Wildman–Crippen LogP) is 0.527. The average molecular weight is 214 g/mol. The van der Waals surface area contributed by atoms with Crippen molar-refractivity contribution in [3.63, 3.8) is 0 Å². The second-order valence-electron chi connectivity index (χ2n) is 4.06. The lowest BCUT2D eigenvalue weighted by Crippen LogP contribution is -2.36. The minimum Gasteiger partial charge on any atom is -0.368 e. The molecule has 4 nitrogen and oxygen atoms in total. The molecule has 0 spiro atoms. The molecule has 1 atom stereocenters. The van der Waals surface area contributed by atoms with Crippen LogP contribution in [-0.2, 0) is 9.53 Å². The first kappa shape index (κ1) is 12.5. The number of rotatable bonds is 5. The highest BCUT2D eigenvalue weighted by molar-refractivity contribution is 5.80. The van der Waals surface area contributed by atoms with Gasteiger partial charge in [0.15, 0.2) is 0 Å². The number of hydrogen-bond acceptors (Lipinski definition) is 3. The largest absolute Gasteiger partial charge is 0.368 e. The lowest BCUT2D eigenvalue weighted by molar-refractivity contribution is -0.132. The van der Waals surface area contributed by atoms with E-state index in [9.17, 15) is 4.79 Å². The Morgan fingerprint density at radius 1 is 1.53 bits per heavy atom. The molecular weight excluding hydrogens is 192 g/mol. The molecule has 1 amide bonds. The Morgan fingerprint density at radius 3 is 2.80 bits per heavy atom. The fraction of sp³-hybridized carbons (Fsp3) is 0.909. The van der Waals surface area contributed by atoms with Crippen molar-refractivity contribution in [1.82, 2.24) is 10.6 Å². The van der Waals surface area contributed by atoms with Crippen LogP contribution in [0.1, 0.15) is 26.7 Å². The molecule has 1 aliphatic heterocycles. The standard InChI is InChI=1S/C11H22N2O2/c1-3-13-11(14)9(2)15-8-10-4-6-12-7-5-10/h9-10,12H,3-8H2,1-2H3,(H,13,14). The molecule has 0 saturated carbocycles. The monoisotopic (exact) mass is 214 g/mol. The van der Waals surface area contributed by atoms with Gasteiger partial charge in [-0.25, -0.2) is 0 Å². The summed E-state index contributed by atoms with van der Waals surface area (Å²) in [6.07, 6.45) is 1.99. The highest BCUT2D eigenvalue weighted by Crippen LogP contribution is 2.12. The van der Waals surface area contributed by atoms with Gasteiger partial charge in [0.05, 0.1) is 6.61 Å². The van der Waals surface area contributed by atoms with Crippen LogP contribution in [0.25, 0.3) is 0 Å². The number of carbonyl (C=O) groups is 1. The molecule has 1 saturated heterocycles. The summed E-state index contributed by atoms with van der Waals surface area (Å²) in [5.74, 6) is 0.606. The van der Waals surface area contributed by atoms with Gasteiger partial charge in [0.2, 0.25) is 5.91 Å². The third kappa shape index (κ3) is 4.62. The lowest BCUT2D eigenvalue weighted by Gasteiger charge is -2.23. The van der Waals surface area contributed by atoms with E-state index in [0.29, 0.717) is 19.1 Å². The maximum atomic E-state index is 11.4. The SMILES string of the molecule is CCNC(=O)C(C)OCC1CCNCC1. The Balaban J connectivity index is 2.14. The molecule has 0 aliphatic carbocycles. The van der Waals surface area contributed by atoms with Crippen molar-refractivity contribution in [2.75, 3.05) is 26.2 Å². The second kappa shape index (κ2) is 6.80. The first-order chi connectivity index (χ1) is 7.24. The average Bonchev–Trinajstić information content (AvgIpc) is 2.27. The quantitative estimate of drug-likeness (QED) is 0.702. The molecule has 88 valence electrons. The molecule has 0 aromatic carbocycles. The van der Waals surface area contributed by atoms with Crippen LogP contribution in [0, 0.1) is 5.92 Å². The van der Waals surface area contributed by atoms with Crippen molar-refractivity contribution < 1.29 is 9.53 Å². The van der Waals surface area contributed by atoms with Crippen LogP contribution in [0.5, 0.6) is 0 Å². The predicted molar refractivity (Wildman–Crippen MR) is 59.7 cm³/mol. The van der Waals surface area contributed by atoms with E-state index in [-0.39, 0.29) is 12.0 Å². The van der Waals surface area contributed by atoms with Crippen molar-refractivity contribution in [1.29, 1.82) is 0 Å². The molecule has 1 unspecified atom stereocenters. The summed E-state index contributed by atoms with van der Waals surface area (Å²) in [5, 5.41) is 6.07. The third-order valence-electron chi connectivity index (χ3n) is 2.76. The van der Waals surface area contributed by atoms with Gasteiger partial charge in [-0.1, -0.05) is 0 Å². The summed E-state index contributed by atoms with van der Waals surface area (Å²) >= 11 is 0. The summed E-state index contributed by atoms with van der Waals surface area (Å²) in [7, 11) is 0. The number of nitrogens with one attached hydrogen (secondary N) is 2. The van der Waals surface area contributed by atoms with E-state index in [4.69, 9.17) is 4.74 Å². The summed E-state index contributed by atoms with van der Waals surface area (Å²) < 4.78 is 5.56. The van der Waals surface area contributed by atoms with Crippen molar-refractivity contribution in [2.45, 2.75) is 32.8 Å². The van der Waals surface area contributed by atoms with Crippen LogP contribution >= 0.6 is 0 Å². The van der Waals surface area contributed by atoms with E-state index in [1.165, 1.54) is 0 Å². The van der Waals surface area contributed by atoms with Crippen molar-refractivity contribution in [3.05, 3.63) is 0 Å². The van der Waals surface area contributed by atoms with Crippen LogP contribution in [0.4, 0.5) is 0 Å². The third-order valence-corrected chi connectivity index (χ3v) is 2.76. The maximum Gasteiger partial charge on any atom is 0.248 e. The smallest absolute Gasteiger partial charge is 0.248 e. The summed E-state index contributed by atoms with van der Waals surface area (Å²) in [6.45, 7) is 7.25.